The van der Waals surface area contributed by atoms with E-state index < -0.39 is 5.54 Å². The maximum absolute atomic E-state index is 12.3. The van der Waals surface area contributed by atoms with Gasteiger partial charge in [-0.05, 0) is 53.4 Å². The third kappa shape index (κ3) is 3.38. The zero-order chi connectivity index (χ0) is 14.6. The van der Waals surface area contributed by atoms with Crippen molar-refractivity contribution in [3.05, 3.63) is 28.7 Å². The summed E-state index contributed by atoms with van der Waals surface area (Å²) in [5.74, 6) is 0.951. The molecule has 1 fully saturated rings. The minimum absolute atomic E-state index is 0.138. The van der Waals surface area contributed by atoms with Crippen molar-refractivity contribution in [3.8, 4) is 0 Å². The number of thioether (sulfide) groups is 1. The van der Waals surface area contributed by atoms with Crippen LogP contribution in [0.25, 0.3) is 0 Å². The van der Waals surface area contributed by atoms with E-state index in [0.717, 1.165) is 28.8 Å². The number of carbonyl (C=O) groups excluding carboxylic acids is 1. The molecule has 0 radical (unpaired) electrons. The molecule has 0 amide bonds. The Morgan fingerprint density at radius 1 is 1.50 bits per heavy atom. The lowest BCUT2D eigenvalue weighted by Crippen LogP contribution is -2.56. The van der Waals surface area contributed by atoms with Crippen molar-refractivity contribution in [1.29, 1.82) is 0 Å². The molecular formula is C15H20BrNO2S. The number of hydrogen-bond acceptors (Lipinski definition) is 4. The smallest absolute Gasteiger partial charge is 0.327 e. The van der Waals surface area contributed by atoms with Crippen molar-refractivity contribution in [2.24, 2.45) is 5.92 Å². The van der Waals surface area contributed by atoms with E-state index in [9.17, 15) is 4.79 Å². The summed E-state index contributed by atoms with van der Waals surface area (Å²) in [6.07, 6.45) is 2.19. The Morgan fingerprint density at radius 3 is 2.75 bits per heavy atom. The number of ether oxygens (including phenoxy) is 1. The van der Waals surface area contributed by atoms with E-state index in [-0.39, 0.29) is 5.97 Å². The first kappa shape index (κ1) is 15.9. The summed E-state index contributed by atoms with van der Waals surface area (Å²) in [5.41, 5.74) is -0.552. The number of halogens is 1. The van der Waals surface area contributed by atoms with E-state index in [0.29, 0.717) is 11.7 Å². The Balaban J connectivity index is 2.15. The summed E-state index contributed by atoms with van der Waals surface area (Å²) in [6.45, 7) is 2.80. The van der Waals surface area contributed by atoms with Gasteiger partial charge >= 0.3 is 5.97 Å². The van der Waals surface area contributed by atoms with Crippen LogP contribution in [-0.4, -0.2) is 30.9 Å². The van der Waals surface area contributed by atoms with E-state index >= 15 is 0 Å². The van der Waals surface area contributed by atoms with E-state index in [2.05, 4.69) is 27.3 Å². The molecule has 0 aliphatic heterocycles. The van der Waals surface area contributed by atoms with Gasteiger partial charge in [0.2, 0.25) is 0 Å². The lowest BCUT2D eigenvalue weighted by molar-refractivity contribution is -0.148. The van der Waals surface area contributed by atoms with Gasteiger partial charge in [0.15, 0.2) is 0 Å². The second-order valence-electron chi connectivity index (χ2n) is 4.99. The minimum Gasteiger partial charge on any atom is -0.468 e. The molecule has 0 aromatic heterocycles. The first-order valence-electron chi connectivity index (χ1n) is 6.85. The zero-order valence-corrected chi connectivity index (χ0v) is 14.2. The maximum Gasteiger partial charge on any atom is 0.327 e. The molecule has 1 aromatic carbocycles. The lowest BCUT2D eigenvalue weighted by atomic mass is 9.95. The molecule has 1 unspecified atom stereocenters. The van der Waals surface area contributed by atoms with E-state index in [4.69, 9.17) is 4.74 Å². The predicted octanol–water partition coefficient (Wildman–Crippen LogP) is 3.47. The molecule has 3 nitrogen and oxygen atoms in total. The average Bonchev–Trinajstić information content (AvgIpc) is 3.29. The summed E-state index contributed by atoms with van der Waals surface area (Å²) in [5, 5.41) is 3.39. The molecule has 0 bridgehead atoms. The molecule has 1 aromatic rings. The largest absolute Gasteiger partial charge is 0.468 e. The molecule has 0 saturated heterocycles. The van der Waals surface area contributed by atoms with Gasteiger partial charge in [-0.15, -0.1) is 11.8 Å². The quantitative estimate of drug-likeness (QED) is 0.598. The summed E-state index contributed by atoms with van der Waals surface area (Å²) in [7, 11) is 1.47. The second-order valence-corrected chi connectivity index (χ2v) is 6.86. The van der Waals surface area contributed by atoms with Crippen molar-refractivity contribution >= 4 is 33.7 Å². The summed E-state index contributed by atoms with van der Waals surface area (Å²) in [6, 6.07) is 8.09. The van der Waals surface area contributed by atoms with Crippen molar-refractivity contribution in [2.45, 2.75) is 30.2 Å². The third-order valence-electron chi connectivity index (χ3n) is 3.61. The predicted molar refractivity (Wildman–Crippen MR) is 86.0 cm³/mol. The van der Waals surface area contributed by atoms with E-state index in [1.54, 1.807) is 11.8 Å². The van der Waals surface area contributed by atoms with Crippen LogP contribution in [0.5, 0.6) is 0 Å². The Bertz CT molecular complexity index is 479. The number of likely N-dealkylation sites (N-methyl/N-ethyl adjacent to an activating group) is 1. The molecule has 1 atom stereocenters. The summed E-state index contributed by atoms with van der Waals surface area (Å²) < 4.78 is 6.13. The van der Waals surface area contributed by atoms with Crippen LogP contribution < -0.4 is 5.32 Å². The first-order valence-corrected chi connectivity index (χ1v) is 8.62. The van der Waals surface area contributed by atoms with Gasteiger partial charge in [0.1, 0.15) is 5.54 Å². The number of hydrogen-bond donors (Lipinski definition) is 1. The Kier molecular flexibility index (Phi) is 5.52. The van der Waals surface area contributed by atoms with Crippen molar-refractivity contribution in [2.75, 3.05) is 19.4 Å². The number of carbonyl (C=O) groups is 1. The fraction of sp³-hybridized carbons (Fsp3) is 0.533. The molecule has 20 heavy (non-hydrogen) atoms. The van der Waals surface area contributed by atoms with Crippen molar-refractivity contribution in [1.82, 2.24) is 5.32 Å². The topological polar surface area (TPSA) is 38.3 Å². The third-order valence-corrected chi connectivity index (χ3v) is 5.83. The standard InChI is InChI=1S/C15H20BrNO2S/c1-3-17-15(11-8-9-11,14(18)19-2)10-20-13-7-5-4-6-12(13)16/h4-7,11,17H,3,8-10H2,1-2H3. The van der Waals surface area contributed by atoms with Crippen LogP contribution in [0, 0.1) is 5.92 Å². The average molecular weight is 358 g/mol. The van der Waals surface area contributed by atoms with Gasteiger partial charge in [-0.25, -0.2) is 0 Å². The van der Waals surface area contributed by atoms with Crippen LogP contribution in [0.15, 0.2) is 33.6 Å². The molecular weight excluding hydrogens is 338 g/mol. The van der Waals surface area contributed by atoms with Crippen molar-refractivity contribution < 1.29 is 9.53 Å². The van der Waals surface area contributed by atoms with E-state index in [1.165, 1.54) is 7.11 Å². The SMILES string of the molecule is CCNC(CSc1ccccc1Br)(C(=O)OC)C1CC1. The molecule has 1 aliphatic carbocycles. The van der Waals surface area contributed by atoms with Crippen LogP contribution in [0.4, 0.5) is 0 Å². The monoisotopic (exact) mass is 357 g/mol. The molecule has 110 valence electrons. The molecule has 1 saturated carbocycles. The number of rotatable bonds is 7. The molecule has 1 aliphatic rings. The van der Waals surface area contributed by atoms with Gasteiger partial charge in [-0.3, -0.25) is 4.79 Å². The zero-order valence-electron chi connectivity index (χ0n) is 11.8. The maximum atomic E-state index is 12.3. The van der Waals surface area contributed by atoms with Gasteiger partial charge in [0.05, 0.1) is 7.11 Å². The van der Waals surface area contributed by atoms with Crippen LogP contribution in [0.1, 0.15) is 19.8 Å². The summed E-state index contributed by atoms with van der Waals surface area (Å²) in [4.78, 5) is 13.5. The Labute approximate surface area is 133 Å². The van der Waals surface area contributed by atoms with E-state index in [1.807, 2.05) is 25.1 Å². The highest BCUT2D eigenvalue weighted by Gasteiger charge is 2.51. The fourth-order valence-electron chi connectivity index (χ4n) is 2.44. The van der Waals surface area contributed by atoms with Gasteiger partial charge in [0, 0.05) is 15.1 Å². The minimum atomic E-state index is -0.552. The van der Waals surface area contributed by atoms with Gasteiger partial charge in [0.25, 0.3) is 0 Å². The normalized spacial score (nSPS) is 17.6. The highest BCUT2D eigenvalue weighted by Crippen LogP contribution is 2.43. The van der Waals surface area contributed by atoms with Crippen LogP contribution in [-0.2, 0) is 9.53 Å². The van der Waals surface area contributed by atoms with Crippen LogP contribution in [0.3, 0.4) is 0 Å². The Morgan fingerprint density at radius 2 is 2.20 bits per heavy atom. The van der Waals surface area contributed by atoms with Crippen LogP contribution in [0.2, 0.25) is 0 Å². The van der Waals surface area contributed by atoms with Gasteiger partial charge in [-0.1, -0.05) is 19.1 Å². The molecule has 0 heterocycles. The molecule has 1 N–H and O–H groups in total. The lowest BCUT2D eigenvalue weighted by Gasteiger charge is -2.31. The highest BCUT2D eigenvalue weighted by atomic mass is 79.9. The van der Waals surface area contributed by atoms with Gasteiger partial charge in [-0.2, -0.15) is 0 Å². The van der Waals surface area contributed by atoms with Gasteiger partial charge < -0.3 is 10.1 Å². The number of benzene rings is 1. The van der Waals surface area contributed by atoms with Crippen LogP contribution >= 0.6 is 27.7 Å². The fourth-order valence-corrected chi connectivity index (χ4v) is 4.29. The second kappa shape index (κ2) is 6.96. The number of methoxy groups -OCH3 is 1. The molecule has 2 rings (SSSR count). The Hall–Kier alpha value is -0.520. The van der Waals surface area contributed by atoms with Crippen molar-refractivity contribution in [3.63, 3.8) is 0 Å². The number of esters is 1. The molecule has 0 spiro atoms. The number of nitrogens with one attached hydrogen (secondary N) is 1. The molecule has 5 heteroatoms. The summed E-state index contributed by atoms with van der Waals surface area (Å²) >= 11 is 5.25. The first-order chi connectivity index (χ1) is 9.64. The highest BCUT2D eigenvalue weighted by molar-refractivity contribution is 9.10.